The van der Waals surface area contributed by atoms with Crippen LogP contribution in [0.5, 0.6) is 11.5 Å². The number of aryl methyl sites for hydroxylation is 1. The fourth-order valence-corrected chi connectivity index (χ4v) is 5.92. The van der Waals surface area contributed by atoms with Crippen molar-refractivity contribution in [1.29, 1.82) is 0 Å². The number of aliphatic hydroxyl groups is 1. The zero-order valence-electron chi connectivity index (χ0n) is 18.3. The van der Waals surface area contributed by atoms with E-state index < -0.39 is 5.60 Å². The summed E-state index contributed by atoms with van der Waals surface area (Å²) in [6.07, 6.45) is 8.18. The molecule has 6 nitrogen and oxygen atoms in total. The Morgan fingerprint density at radius 1 is 1.27 bits per heavy atom. The quantitative estimate of drug-likeness (QED) is 0.818. The fourth-order valence-electron chi connectivity index (χ4n) is 5.92. The van der Waals surface area contributed by atoms with Gasteiger partial charge in [-0.3, -0.25) is 4.90 Å². The summed E-state index contributed by atoms with van der Waals surface area (Å²) in [6, 6.07) is 4.35. The molecule has 3 atom stereocenters. The van der Waals surface area contributed by atoms with Crippen molar-refractivity contribution in [3.63, 3.8) is 0 Å². The fraction of sp³-hybridized carbons (Fsp3) is 0.625. The third kappa shape index (κ3) is 3.21. The van der Waals surface area contributed by atoms with Crippen molar-refractivity contribution in [3.05, 3.63) is 41.5 Å². The highest BCUT2D eigenvalue weighted by atomic mass is 16.5. The van der Waals surface area contributed by atoms with Crippen molar-refractivity contribution in [2.24, 2.45) is 18.9 Å². The molecule has 1 saturated carbocycles. The second-order valence-electron chi connectivity index (χ2n) is 9.34. The molecule has 0 unspecified atom stereocenters. The number of hydrogen-bond donors (Lipinski definition) is 1. The van der Waals surface area contributed by atoms with Gasteiger partial charge in [-0.25, -0.2) is 4.98 Å². The first-order chi connectivity index (χ1) is 14.5. The highest BCUT2D eigenvalue weighted by Gasteiger charge is 2.53. The molecule has 1 aromatic heterocycles. The Morgan fingerprint density at radius 3 is 2.70 bits per heavy atom. The largest absolute Gasteiger partial charge is 0.494 e. The van der Waals surface area contributed by atoms with Gasteiger partial charge in [-0.1, -0.05) is 6.42 Å². The van der Waals surface area contributed by atoms with E-state index in [1.54, 1.807) is 6.20 Å². The first-order valence-electron chi connectivity index (χ1n) is 11.4. The minimum atomic E-state index is -0.827. The minimum Gasteiger partial charge on any atom is -0.494 e. The van der Waals surface area contributed by atoms with Crippen molar-refractivity contribution in [2.75, 3.05) is 19.7 Å². The lowest BCUT2D eigenvalue weighted by molar-refractivity contribution is -0.155. The normalized spacial score (nSPS) is 30.7. The van der Waals surface area contributed by atoms with Crippen LogP contribution in [-0.2, 0) is 25.6 Å². The van der Waals surface area contributed by atoms with E-state index in [1.807, 2.05) is 24.7 Å². The van der Waals surface area contributed by atoms with E-state index in [-0.39, 0.29) is 17.9 Å². The molecule has 2 aliphatic heterocycles. The first kappa shape index (κ1) is 19.9. The van der Waals surface area contributed by atoms with Gasteiger partial charge in [-0.15, -0.1) is 0 Å². The topological polar surface area (TPSA) is 59.8 Å². The van der Waals surface area contributed by atoms with Crippen LogP contribution >= 0.6 is 0 Å². The Bertz CT molecular complexity index is 910. The van der Waals surface area contributed by atoms with Crippen LogP contribution in [0.15, 0.2) is 24.5 Å². The van der Waals surface area contributed by atoms with E-state index in [2.05, 4.69) is 28.9 Å². The molecule has 0 amide bonds. The van der Waals surface area contributed by atoms with Gasteiger partial charge < -0.3 is 19.1 Å². The summed E-state index contributed by atoms with van der Waals surface area (Å²) in [6.45, 7) is 7.38. The molecule has 162 valence electrons. The molecule has 3 heterocycles. The Hall–Kier alpha value is -2.05. The Kier molecular flexibility index (Phi) is 5.02. The Labute approximate surface area is 178 Å². The van der Waals surface area contributed by atoms with E-state index in [0.717, 1.165) is 56.2 Å². The summed E-state index contributed by atoms with van der Waals surface area (Å²) >= 11 is 0. The third-order valence-corrected chi connectivity index (χ3v) is 7.26. The average molecular weight is 412 g/mol. The number of imidazole rings is 1. The molecule has 1 aliphatic carbocycles. The number of rotatable bonds is 5. The second-order valence-corrected chi connectivity index (χ2v) is 9.34. The molecule has 1 N–H and O–H groups in total. The van der Waals surface area contributed by atoms with Crippen LogP contribution in [0.25, 0.3) is 0 Å². The van der Waals surface area contributed by atoms with E-state index in [0.29, 0.717) is 6.61 Å². The maximum atomic E-state index is 11.8. The molecule has 5 rings (SSSR count). The molecular weight excluding hydrogens is 378 g/mol. The van der Waals surface area contributed by atoms with Crippen molar-refractivity contribution in [3.8, 4) is 11.5 Å². The smallest absolute Gasteiger partial charge is 0.141 e. The zero-order chi connectivity index (χ0) is 20.9. The summed E-state index contributed by atoms with van der Waals surface area (Å²) in [4.78, 5) is 7.04. The van der Waals surface area contributed by atoms with E-state index in [4.69, 9.17) is 9.47 Å². The summed E-state index contributed by atoms with van der Waals surface area (Å²) in [5.74, 6) is 3.21. The molecular formula is C24H33N3O3. The number of ether oxygens (including phenoxy) is 2. The molecule has 1 aromatic carbocycles. The number of benzene rings is 1. The Morgan fingerprint density at radius 2 is 2.03 bits per heavy atom. The molecule has 0 radical (unpaired) electrons. The predicted molar refractivity (Wildman–Crippen MR) is 115 cm³/mol. The van der Waals surface area contributed by atoms with Crippen LogP contribution in [0.3, 0.4) is 0 Å². The molecule has 2 fully saturated rings. The van der Waals surface area contributed by atoms with Crippen molar-refractivity contribution >= 4 is 0 Å². The van der Waals surface area contributed by atoms with E-state index >= 15 is 0 Å². The molecule has 2 bridgehead atoms. The van der Waals surface area contributed by atoms with Crippen LogP contribution in [0.4, 0.5) is 0 Å². The van der Waals surface area contributed by atoms with Crippen LogP contribution in [0, 0.1) is 11.8 Å². The maximum absolute atomic E-state index is 11.8. The molecule has 2 aromatic rings. The number of aromatic nitrogens is 2. The maximum Gasteiger partial charge on any atom is 0.141 e. The summed E-state index contributed by atoms with van der Waals surface area (Å²) in [5, 5.41) is 11.8. The molecule has 3 aliphatic rings. The summed E-state index contributed by atoms with van der Waals surface area (Å²) in [5.41, 5.74) is 1.60. The van der Waals surface area contributed by atoms with Crippen molar-refractivity contribution in [1.82, 2.24) is 14.5 Å². The zero-order valence-corrected chi connectivity index (χ0v) is 18.3. The van der Waals surface area contributed by atoms with Gasteiger partial charge in [-0.05, 0) is 38.8 Å². The SMILES string of the molecule is CCOc1cc2c(cc1CN1C[C@H]3CCC[C@H](C1)C3(O)c1nccn1C)O[C@H](C)C2. The minimum absolute atomic E-state index is 0.201. The first-order valence-corrected chi connectivity index (χ1v) is 11.4. The van der Waals surface area contributed by atoms with Gasteiger partial charge in [0.05, 0.1) is 6.61 Å². The standard InChI is InChI=1S/C24H33N3O3/c1-4-29-21-11-17-10-16(2)30-22(17)12-18(21)13-27-14-19-6-5-7-20(15-27)24(19,28)23-25-8-9-26(23)3/h8-9,11-12,16,19-20,28H,4-7,10,13-15H2,1-3H3/t16-,19-,20-/m1/s1. The number of hydrogen-bond acceptors (Lipinski definition) is 5. The van der Waals surface area contributed by atoms with Gasteiger partial charge >= 0.3 is 0 Å². The van der Waals surface area contributed by atoms with Crippen LogP contribution in [0.2, 0.25) is 0 Å². The van der Waals surface area contributed by atoms with Gasteiger partial charge in [-0.2, -0.15) is 0 Å². The van der Waals surface area contributed by atoms with E-state index in [1.165, 1.54) is 17.5 Å². The lowest BCUT2D eigenvalue weighted by Gasteiger charge is -2.52. The monoisotopic (exact) mass is 411 g/mol. The van der Waals surface area contributed by atoms with Gasteiger partial charge in [0.2, 0.25) is 0 Å². The van der Waals surface area contributed by atoms with Crippen LogP contribution < -0.4 is 9.47 Å². The lowest BCUT2D eigenvalue weighted by Crippen LogP contribution is -2.58. The van der Waals surface area contributed by atoms with Crippen LogP contribution in [0.1, 0.15) is 50.1 Å². The number of nitrogens with zero attached hydrogens (tertiary/aromatic N) is 3. The number of likely N-dealkylation sites (tertiary alicyclic amines) is 1. The summed E-state index contributed by atoms with van der Waals surface area (Å²) in [7, 11) is 1.99. The molecule has 1 saturated heterocycles. The van der Waals surface area contributed by atoms with Crippen molar-refractivity contribution < 1.29 is 14.6 Å². The number of fused-ring (bicyclic) bond motifs is 3. The third-order valence-electron chi connectivity index (χ3n) is 7.26. The van der Waals surface area contributed by atoms with Crippen molar-refractivity contribution in [2.45, 2.75) is 57.8 Å². The molecule has 0 spiro atoms. The highest BCUT2D eigenvalue weighted by Crippen LogP contribution is 2.49. The average Bonchev–Trinajstić information content (AvgIpc) is 3.27. The van der Waals surface area contributed by atoms with E-state index in [9.17, 15) is 5.11 Å². The lowest BCUT2D eigenvalue weighted by atomic mass is 9.65. The van der Waals surface area contributed by atoms with Gasteiger partial charge in [0, 0.05) is 68.5 Å². The molecule has 30 heavy (non-hydrogen) atoms. The summed E-state index contributed by atoms with van der Waals surface area (Å²) < 4.78 is 14.0. The van der Waals surface area contributed by atoms with Crippen LogP contribution in [-0.4, -0.2) is 45.4 Å². The van der Waals surface area contributed by atoms with Gasteiger partial charge in [0.15, 0.2) is 0 Å². The predicted octanol–water partition coefficient (Wildman–Crippen LogP) is 3.26. The Balaban J connectivity index is 1.40. The van der Waals surface area contributed by atoms with Gasteiger partial charge in [0.1, 0.15) is 29.0 Å². The number of piperidine rings is 1. The van der Waals surface area contributed by atoms with Gasteiger partial charge in [0.25, 0.3) is 0 Å². The second kappa shape index (κ2) is 7.57. The molecule has 6 heteroatoms. The highest BCUT2D eigenvalue weighted by molar-refractivity contribution is 5.48.